The molecule has 0 aromatic heterocycles. The van der Waals surface area contributed by atoms with Crippen LogP contribution in [0.15, 0.2) is 18.2 Å². The smallest absolute Gasteiger partial charge is 0.311 e. The van der Waals surface area contributed by atoms with Gasteiger partial charge in [-0.15, -0.1) is 6.42 Å². The Balaban J connectivity index is 3.18. The maximum atomic E-state index is 10.6. The van der Waals surface area contributed by atoms with Crippen LogP contribution in [0.3, 0.4) is 0 Å². The largest absolute Gasteiger partial charge is 0.487 e. The lowest BCUT2D eigenvalue weighted by Crippen LogP contribution is -1.97. The van der Waals surface area contributed by atoms with Crippen molar-refractivity contribution in [2.24, 2.45) is 0 Å². The molecule has 0 aliphatic carbocycles. The Labute approximate surface area is 81.7 Å². The standard InChI is InChI=1S/C10H9NO3/c1-3-8-5-6-9(11(12)13)10(7-8)14-4-2/h1,5-7H,4H2,2H3. The van der Waals surface area contributed by atoms with E-state index in [9.17, 15) is 10.1 Å². The van der Waals surface area contributed by atoms with E-state index in [4.69, 9.17) is 11.2 Å². The zero-order valence-electron chi connectivity index (χ0n) is 7.69. The van der Waals surface area contributed by atoms with Crippen LogP contribution in [0.2, 0.25) is 0 Å². The Morgan fingerprint density at radius 1 is 1.64 bits per heavy atom. The van der Waals surface area contributed by atoms with Gasteiger partial charge in [0.15, 0.2) is 5.75 Å². The average molecular weight is 191 g/mol. The second-order valence-corrected chi connectivity index (χ2v) is 2.52. The van der Waals surface area contributed by atoms with Crippen molar-refractivity contribution in [3.8, 4) is 18.1 Å². The van der Waals surface area contributed by atoms with Crippen LogP contribution < -0.4 is 4.74 Å². The summed E-state index contributed by atoms with van der Waals surface area (Å²) in [6, 6.07) is 4.35. The first kappa shape index (κ1) is 10.1. The van der Waals surface area contributed by atoms with Crippen LogP contribution in [0.5, 0.6) is 5.75 Å². The van der Waals surface area contributed by atoms with Crippen molar-refractivity contribution in [1.82, 2.24) is 0 Å². The molecule has 0 heterocycles. The summed E-state index contributed by atoms with van der Waals surface area (Å²) in [5.41, 5.74) is 0.505. The van der Waals surface area contributed by atoms with Gasteiger partial charge in [0.1, 0.15) is 0 Å². The molecule has 0 atom stereocenters. The average Bonchev–Trinajstić information content (AvgIpc) is 2.17. The van der Waals surface area contributed by atoms with Crippen molar-refractivity contribution in [2.75, 3.05) is 6.61 Å². The summed E-state index contributed by atoms with van der Waals surface area (Å²) < 4.78 is 5.10. The highest BCUT2D eigenvalue weighted by atomic mass is 16.6. The predicted octanol–water partition coefficient (Wildman–Crippen LogP) is 1.97. The molecule has 0 aliphatic heterocycles. The molecule has 0 spiro atoms. The summed E-state index contributed by atoms with van der Waals surface area (Å²) in [5.74, 6) is 2.61. The van der Waals surface area contributed by atoms with Crippen LogP contribution in [0, 0.1) is 22.5 Å². The normalized spacial score (nSPS) is 9.14. The van der Waals surface area contributed by atoms with E-state index in [-0.39, 0.29) is 11.4 Å². The summed E-state index contributed by atoms with van der Waals surface area (Å²) in [6.07, 6.45) is 5.17. The second kappa shape index (κ2) is 4.28. The summed E-state index contributed by atoms with van der Waals surface area (Å²) in [4.78, 5) is 10.1. The third kappa shape index (κ3) is 2.02. The third-order valence-electron chi connectivity index (χ3n) is 1.62. The van der Waals surface area contributed by atoms with E-state index >= 15 is 0 Å². The zero-order chi connectivity index (χ0) is 10.6. The van der Waals surface area contributed by atoms with Crippen LogP contribution in [0.1, 0.15) is 12.5 Å². The van der Waals surface area contributed by atoms with Crippen LogP contribution in [-0.4, -0.2) is 11.5 Å². The monoisotopic (exact) mass is 191 g/mol. The third-order valence-corrected chi connectivity index (χ3v) is 1.62. The first-order valence-electron chi connectivity index (χ1n) is 4.07. The Kier molecular flexibility index (Phi) is 3.08. The van der Waals surface area contributed by atoms with Gasteiger partial charge in [-0.25, -0.2) is 0 Å². The fourth-order valence-electron chi connectivity index (χ4n) is 1.03. The lowest BCUT2D eigenvalue weighted by molar-refractivity contribution is -0.385. The molecule has 0 radical (unpaired) electrons. The van der Waals surface area contributed by atoms with Gasteiger partial charge >= 0.3 is 5.69 Å². The predicted molar refractivity (Wildman–Crippen MR) is 52.2 cm³/mol. The number of nitro groups is 1. The zero-order valence-corrected chi connectivity index (χ0v) is 7.69. The fourth-order valence-corrected chi connectivity index (χ4v) is 1.03. The molecule has 4 nitrogen and oxygen atoms in total. The first-order valence-corrected chi connectivity index (χ1v) is 4.07. The Morgan fingerprint density at radius 3 is 2.86 bits per heavy atom. The summed E-state index contributed by atoms with van der Waals surface area (Å²) >= 11 is 0. The highest BCUT2D eigenvalue weighted by Crippen LogP contribution is 2.27. The Bertz CT molecular complexity index is 393. The SMILES string of the molecule is C#Cc1ccc([N+](=O)[O-])c(OCC)c1. The minimum atomic E-state index is -0.495. The fraction of sp³-hybridized carbons (Fsp3) is 0.200. The van der Waals surface area contributed by atoms with Gasteiger partial charge in [-0.2, -0.15) is 0 Å². The van der Waals surface area contributed by atoms with Crippen molar-refractivity contribution in [3.63, 3.8) is 0 Å². The van der Waals surface area contributed by atoms with Crippen molar-refractivity contribution in [2.45, 2.75) is 6.92 Å². The minimum Gasteiger partial charge on any atom is -0.487 e. The summed E-state index contributed by atoms with van der Waals surface area (Å²) in [6.45, 7) is 2.13. The molecule has 0 fully saturated rings. The van der Waals surface area contributed by atoms with Crippen LogP contribution in [0.25, 0.3) is 0 Å². The number of benzene rings is 1. The molecule has 1 rings (SSSR count). The van der Waals surface area contributed by atoms with Gasteiger partial charge in [0.25, 0.3) is 0 Å². The van der Waals surface area contributed by atoms with Gasteiger partial charge in [-0.05, 0) is 13.0 Å². The molecule has 0 aliphatic rings. The van der Waals surface area contributed by atoms with Crippen molar-refractivity contribution in [1.29, 1.82) is 0 Å². The number of hydrogen-bond donors (Lipinski definition) is 0. The molecule has 0 bridgehead atoms. The number of terminal acetylenes is 1. The number of nitro benzene ring substituents is 1. The van der Waals surface area contributed by atoms with E-state index < -0.39 is 4.92 Å². The lowest BCUT2D eigenvalue weighted by atomic mass is 10.2. The van der Waals surface area contributed by atoms with Crippen molar-refractivity contribution in [3.05, 3.63) is 33.9 Å². The molecule has 0 saturated carbocycles. The number of ether oxygens (including phenoxy) is 1. The Hall–Kier alpha value is -2.02. The quantitative estimate of drug-likeness (QED) is 0.417. The molecule has 0 saturated heterocycles. The van der Waals surface area contributed by atoms with Crippen molar-refractivity contribution >= 4 is 5.69 Å². The summed E-state index contributed by atoms with van der Waals surface area (Å²) in [7, 11) is 0. The first-order chi connectivity index (χ1) is 6.69. The van der Waals surface area contributed by atoms with Gasteiger partial charge in [0, 0.05) is 17.7 Å². The number of hydrogen-bond acceptors (Lipinski definition) is 3. The number of rotatable bonds is 3. The lowest BCUT2D eigenvalue weighted by Gasteiger charge is -2.03. The second-order valence-electron chi connectivity index (χ2n) is 2.52. The van der Waals surface area contributed by atoms with Gasteiger partial charge in [-0.3, -0.25) is 10.1 Å². The molecular formula is C10H9NO3. The topological polar surface area (TPSA) is 52.4 Å². The van der Waals surface area contributed by atoms with E-state index in [1.807, 2.05) is 0 Å². The van der Waals surface area contributed by atoms with E-state index in [0.29, 0.717) is 12.2 Å². The van der Waals surface area contributed by atoms with Crippen LogP contribution in [-0.2, 0) is 0 Å². The van der Waals surface area contributed by atoms with E-state index in [1.54, 1.807) is 6.92 Å². The van der Waals surface area contributed by atoms with Gasteiger partial charge in [0.2, 0.25) is 0 Å². The molecule has 0 unspecified atom stereocenters. The molecule has 1 aromatic carbocycles. The molecule has 72 valence electrons. The maximum Gasteiger partial charge on any atom is 0.311 e. The molecule has 14 heavy (non-hydrogen) atoms. The molecule has 0 N–H and O–H groups in total. The summed E-state index contributed by atoms with van der Waals surface area (Å²) in [5, 5.41) is 10.6. The van der Waals surface area contributed by atoms with E-state index in [1.165, 1.54) is 18.2 Å². The van der Waals surface area contributed by atoms with Crippen molar-refractivity contribution < 1.29 is 9.66 Å². The Morgan fingerprint density at radius 2 is 2.36 bits per heavy atom. The van der Waals surface area contributed by atoms with E-state index in [0.717, 1.165) is 0 Å². The maximum absolute atomic E-state index is 10.6. The van der Waals surface area contributed by atoms with E-state index in [2.05, 4.69) is 5.92 Å². The van der Waals surface area contributed by atoms with Gasteiger partial charge in [0.05, 0.1) is 11.5 Å². The van der Waals surface area contributed by atoms with Gasteiger partial charge in [-0.1, -0.05) is 5.92 Å². The van der Waals surface area contributed by atoms with Crippen LogP contribution in [0.4, 0.5) is 5.69 Å². The number of nitrogens with zero attached hydrogens (tertiary/aromatic N) is 1. The minimum absolute atomic E-state index is 0.0640. The molecule has 4 heteroatoms. The van der Waals surface area contributed by atoms with Gasteiger partial charge < -0.3 is 4.74 Å². The highest BCUT2D eigenvalue weighted by molar-refractivity contribution is 5.51. The van der Waals surface area contributed by atoms with Crippen LogP contribution >= 0.6 is 0 Å². The molecule has 1 aromatic rings. The molecule has 0 amide bonds. The highest BCUT2D eigenvalue weighted by Gasteiger charge is 2.14. The molecular weight excluding hydrogens is 182 g/mol.